The molecule has 162 valence electrons. The largest absolute Gasteiger partial charge is 0.383 e. The maximum absolute atomic E-state index is 12.0. The summed E-state index contributed by atoms with van der Waals surface area (Å²) in [6, 6.07) is 12.3. The van der Waals surface area contributed by atoms with Crippen LogP contribution in [0.2, 0.25) is 0 Å². The lowest BCUT2D eigenvalue weighted by Gasteiger charge is -2.50. The maximum atomic E-state index is 12.0. The zero-order valence-electron chi connectivity index (χ0n) is 17.6. The third-order valence-electron chi connectivity index (χ3n) is 7.07. The summed E-state index contributed by atoms with van der Waals surface area (Å²) in [6.45, 7) is 4.55. The fourth-order valence-corrected chi connectivity index (χ4v) is 5.15. The molecule has 3 aromatic rings. The quantitative estimate of drug-likeness (QED) is 0.689. The fourth-order valence-electron chi connectivity index (χ4n) is 5.15. The van der Waals surface area contributed by atoms with Crippen molar-refractivity contribution in [2.75, 3.05) is 44.3 Å². The van der Waals surface area contributed by atoms with Gasteiger partial charge in [-0.3, -0.25) is 4.90 Å². The summed E-state index contributed by atoms with van der Waals surface area (Å²) in [6.07, 6.45) is 4.74. The van der Waals surface area contributed by atoms with Gasteiger partial charge in [0.05, 0.1) is 30.6 Å². The van der Waals surface area contributed by atoms with Gasteiger partial charge in [-0.1, -0.05) is 30.3 Å². The lowest BCUT2D eigenvalue weighted by molar-refractivity contribution is -0.0910. The number of hydrogen-bond acceptors (Lipinski definition) is 7. The van der Waals surface area contributed by atoms with Crippen LogP contribution < -0.4 is 4.90 Å². The van der Waals surface area contributed by atoms with Crippen molar-refractivity contribution in [1.29, 1.82) is 0 Å². The van der Waals surface area contributed by atoms with Crippen LogP contribution in [-0.4, -0.2) is 75.3 Å². The minimum atomic E-state index is -0.897. The molecule has 1 N–H and O–H groups in total. The van der Waals surface area contributed by atoms with Crippen LogP contribution in [0.25, 0.3) is 5.65 Å². The standard InChI is InChI=1S/C23H28N6O2/c30-23(18-4-2-1-3-5-18)8-9-28(15-21(23)27-10-12-31-13-11-27)20-14-19(17-6-7-17)26-29-16-24-25-22(20)29/h1-5,14,16-17,21,30H,6-13,15H2/t21-,23+/m1/s1. The van der Waals surface area contributed by atoms with Gasteiger partial charge in [-0.05, 0) is 30.9 Å². The second-order valence-corrected chi connectivity index (χ2v) is 8.98. The summed E-state index contributed by atoms with van der Waals surface area (Å²) in [5.41, 5.74) is 3.07. The van der Waals surface area contributed by atoms with Gasteiger partial charge in [0.2, 0.25) is 5.65 Å². The van der Waals surface area contributed by atoms with Gasteiger partial charge in [0.1, 0.15) is 11.9 Å². The Labute approximate surface area is 181 Å². The van der Waals surface area contributed by atoms with Crippen molar-refractivity contribution in [1.82, 2.24) is 24.7 Å². The molecule has 3 aliphatic rings. The Bertz CT molecular complexity index is 1060. The first-order valence-corrected chi connectivity index (χ1v) is 11.3. The number of anilines is 1. The highest BCUT2D eigenvalue weighted by Crippen LogP contribution is 2.42. The van der Waals surface area contributed by atoms with Crippen molar-refractivity contribution in [3.63, 3.8) is 0 Å². The highest BCUT2D eigenvalue weighted by atomic mass is 16.5. The Balaban J connectivity index is 1.38. The van der Waals surface area contributed by atoms with Gasteiger partial charge in [0, 0.05) is 32.1 Å². The number of fused-ring (bicyclic) bond motifs is 1. The van der Waals surface area contributed by atoms with Crippen molar-refractivity contribution in [3.8, 4) is 0 Å². The predicted octanol–water partition coefficient (Wildman–Crippen LogP) is 1.80. The lowest BCUT2D eigenvalue weighted by Crippen LogP contribution is -2.62. The third-order valence-corrected chi connectivity index (χ3v) is 7.07. The number of ether oxygens (including phenoxy) is 1. The van der Waals surface area contributed by atoms with E-state index in [1.165, 1.54) is 12.8 Å². The van der Waals surface area contributed by atoms with E-state index in [0.717, 1.165) is 48.8 Å². The second kappa shape index (κ2) is 7.55. The monoisotopic (exact) mass is 420 g/mol. The van der Waals surface area contributed by atoms with E-state index in [1.807, 2.05) is 22.7 Å². The first-order valence-electron chi connectivity index (χ1n) is 11.3. The number of morpholine rings is 1. The average Bonchev–Trinajstić information content (AvgIpc) is 3.57. The molecule has 8 nitrogen and oxygen atoms in total. The molecule has 2 aromatic heterocycles. The van der Waals surface area contributed by atoms with Crippen LogP contribution in [-0.2, 0) is 10.3 Å². The third kappa shape index (κ3) is 3.39. The van der Waals surface area contributed by atoms with Gasteiger partial charge >= 0.3 is 0 Å². The van der Waals surface area contributed by atoms with Crippen LogP contribution in [0, 0.1) is 0 Å². The number of piperidine rings is 1. The van der Waals surface area contributed by atoms with Crippen LogP contribution in [0.1, 0.15) is 36.4 Å². The molecule has 0 unspecified atom stereocenters. The minimum absolute atomic E-state index is 0.0342. The Hall–Kier alpha value is -2.55. The summed E-state index contributed by atoms with van der Waals surface area (Å²) in [5, 5.41) is 25.2. The molecule has 8 heteroatoms. The van der Waals surface area contributed by atoms with E-state index in [2.05, 4.69) is 38.2 Å². The van der Waals surface area contributed by atoms with Gasteiger partial charge in [-0.2, -0.15) is 9.61 Å². The highest BCUT2D eigenvalue weighted by Gasteiger charge is 2.46. The van der Waals surface area contributed by atoms with Crippen LogP contribution in [0.3, 0.4) is 0 Å². The number of hydrogen-bond donors (Lipinski definition) is 1. The van der Waals surface area contributed by atoms with E-state index in [9.17, 15) is 5.11 Å². The number of rotatable bonds is 4. The number of nitrogens with zero attached hydrogens (tertiary/aromatic N) is 6. The maximum Gasteiger partial charge on any atom is 0.200 e. The summed E-state index contributed by atoms with van der Waals surface area (Å²) >= 11 is 0. The summed E-state index contributed by atoms with van der Waals surface area (Å²) in [5.74, 6) is 0.548. The fraction of sp³-hybridized carbons (Fsp3) is 0.522. The van der Waals surface area contributed by atoms with Crippen molar-refractivity contribution in [2.24, 2.45) is 0 Å². The van der Waals surface area contributed by atoms with Crippen LogP contribution in [0.4, 0.5) is 5.69 Å². The van der Waals surface area contributed by atoms with Crippen molar-refractivity contribution in [2.45, 2.75) is 36.8 Å². The Morgan fingerprint density at radius 2 is 1.87 bits per heavy atom. The first-order chi connectivity index (χ1) is 15.2. The molecule has 1 aromatic carbocycles. The average molecular weight is 421 g/mol. The topological polar surface area (TPSA) is 79.0 Å². The van der Waals surface area contributed by atoms with E-state index in [0.29, 0.717) is 25.6 Å². The molecular weight excluding hydrogens is 392 g/mol. The van der Waals surface area contributed by atoms with E-state index in [4.69, 9.17) is 9.84 Å². The summed E-state index contributed by atoms with van der Waals surface area (Å²) < 4.78 is 7.42. The second-order valence-electron chi connectivity index (χ2n) is 8.98. The molecule has 2 aliphatic heterocycles. The van der Waals surface area contributed by atoms with Gasteiger partial charge in [-0.25, -0.2) is 0 Å². The molecule has 31 heavy (non-hydrogen) atoms. The number of aromatic nitrogens is 4. The number of benzene rings is 1. The molecular formula is C23H28N6O2. The van der Waals surface area contributed by atoms with E-state index in [-0.39, 0.29) is 6.04 Å². The molecule has 1 aliphatic carbocycles. The van der Waals surface area contributed by atoms with Gasteiger partial charge < -0.3 is 14.7 Å². The Morgan fingerprint density at radius 3 is 2.65 bits per heavy atom. The van der Waals surface area contributed by atoms with Crippen LogP contribution in [0.5, 0.6) is 0 Å². The van der Waals surface area contributed by atoms with Crippen molar-refractivity contribution in [3.05, 3.63) is 54.0 Å². The molecule has 6 rings (SSSR count). The Kier molecular flexibility index (Phi) is 4.66. The number of aliphatic hydroxyl groups is 1. The van der Waals surface area contributed by atoms with Gasteiger partial charge in [0.25, 0.3) is 0 Å². The van der Waals surface area contributed by atoms with Gasteiger partial charge in [0.15, 0.2) is 0 Å². The van der Waals surface area contributed by atoms with E-state index in [1.54, 1.807) is 6.33 Å². The van der Waals surface area contributed by atoms with Crippen molar-refractivity contribution < 1.29 is 9.84 Å². The van der Waals surface area contributed by atoms with E-state index < -0.39 is 5.60 Å². The zero-order valence-corrected chi connectivity index (χ0v) is 17.6. The van der Waals surface area contributed by atoms with Crippen molar-refractivity contribution >= 4 is 11.3 Å². The SMILES string of the molecule is O[C@]1(c2ccccc2)CCN(c2cc(C3CC3)nn3cnnc23)C[C@H]1N1CCOCC1. The summed E-state index contributed by atoms with van der Waals surface area (Å²) in [4.78, 5) is 4.77. The predicted molar refractivity (Wildman–Crippen MR) is 116 cm³/mol. The lowest BCUT2D eigenvalue weighted by atomic mass is 9.79. The molecule has 0 amide bonds. The zero-order chi connectivity index (χ0) is 20.8. The first kappa shape index (κ1) is 19.2. The molecule has 4 heterocycles. The summed E-state index contributed by atoms with van der Waals surface area (Å²) in [7, 11) is 0. The molecule has 2 atom stereocenters. The normalized spacial score (nSPS) is 27.6. The minimum Gasteiger partial charge on any atom is -0.383 e. The molecule has 0 spiro atoms. The Morgan fingerprint density at radius 1 is 1.06 bits per heavy atom. The molecule has 3 fully saturated rings. The van der Waals surface area contributed by atoms with Crippen LogP contribution >= 0.6 is 0 Å². The van der Waals surface area contributed by atoms with Gasteiger partial charge in [-0.15, -0.1) is 10.2 Å². The van der Waals surface area contributed by atoms with Crippen LogP contribution in [0.15, 0.2) is 42.7 Å². The molecule has 0 radical (unpaired) electrons. The molecule has 1 saturated carbocycles. The molecule has 0 bridgehead atoms. The highest BCUT2D eigenvalue weighted by molar-refractivity contribution is 5.69. The van der Waals surface area contributed by atoms with E-state index >= 15 is 0 Å². The molecule has 2 saturated heterocycles. The smallest absolute Gasteiger partial charge is 0.200 e.